The van der Waals surface area contributed by atoms with E-state index in [2.05, 4.69) is 10.3 Å². The molecule has 4 rings (SSSR count). The van der Waals surface area contributed by atoms with Crippen molar-refractivity contribution in [3.8, 4) is 0 Å². The topological polar surface area (TPSA) is 67.2 Å². The van der Waals surface area contributed by atoms with Crippen molar-refractivity contribution >= 4 is 40.3 Å². The summed E-state index contributed by atoms with van der Waals surface area (Å²) in [6.45, 7) is -0.0390. The molecule has 0 saturated heterocycles. The normalized spacial score (nSPS) is 14.0. The lowest BCUT2D eigenvalue weighted by atomic mass is 10.1. The lowest BCUT2D eigenvalue weighted by Gasteiger charge is -2.26. The Bertz CT molecular complexity index is 1020. The Morgan fingerprint density at radius 1 is 1.24 bits per heavy atom. The first-order chi connectivity index (χ1) is 12.1. The van der Waals surface area contributed by atoms with Crippen molar-refractivity contribution in [2.24, 2.45) is 7.05 Å². The van der Waals surface area contributed by atoms with E-state index in [-0.39, 0.29) is 18.4 Å². The molecule has 124 valence electrons. The molecule has 2 aromatic heterocycles. The number of nitrogens with zero attached hydrogens (tertiary/aromatic N) is 3. The second kappa shape index (κ2) is 5.90. The number of aryl methyl sites for hydroxylation is 1. The third kappa shape index (κ3) is 2.67. The minimum atomic E-state index is -0.275. The molecule has 0 bridgehead atoms. The summed E-state index contributed by atoms with van der Waals surface area (Å²) in [4.78, 5) is 30.1. The van der Waals surface area contributed by atoms with Crippen molar-refractivity contribution in [1.29, 1.82) is 0 Å². The van der Waals surface area contributed by atoms with Crippen LogP contribution in [0.5, 0.6) is 0 Å². The molecule has 3 heterocycles. The van der Waals surface area contributed by atoms with Crippen LogP contribution >= 0.6 is 0 Å². The van der Waals surface area contributed by atoms with E-state index in [0.717, 1.165) is 16.5 Å². The molecule has 0 radical (unpaired) electrons. The Kier molecular flexibility index (Phi) is 3.57. The Morgan fingerprint density at radius 2 is 2.08 bits per heavy atom. The van der Waals surface area contributed by atoms with Crippen LogP contribution in [-0.4, -0.2) is 27.9 Å². The lowest BCUT2D eigenvalue weighted by Crippen LogP contribution is -2.41. The fourth-order valence-electron chi connectivity index (χ4n) is 3.06. The van der Waals surface area contributed by atoms with Crippen molar-refractivity contribution in [2.75, 3.05) is 16.8 Å². The van der Waals surface area contributed by atoms with Gasteiger partial charge in [-0.3, -0.25) is 14.5 Å². The number of aromatic nitrogens is 2. The summed E-state index contributed by atoms with van der Waals surface area (Å²) in [7, 11) is 1.97. The number of carbonyl (C=O) groups excluding carboxylic acids is 2. The molecule has 0 unspecified atom stereocenters. The van der Waals surface area contributed by atoms with Crippen LogP contribution in [0.4, 0.5) is 11.5 Å². The largest absolute Gasteiger partial charge is 0.350 e. The number of hydrogen-bond acceptors (Lipinski definition) is 3. The number of nitrogens with one attached hydrogen (secondary N) is 1. The summed E-state index contributed by atoms with van der Waals surface area (Å²) in [6.07, 6.45) is 6.84. The average Bonchev–Trinajstić information content (AvgIpc) is 2.95. The zero-order valence-corrected chi connectivity index (χ0v) is 13.6. The first kappa shape index (κ1) is 15.1. The molecule has 1 N–H and O–H groups in total. The van der Waals surface area contributed by atoms with Gasteiger partial charge in [0.05, 0.1) is 5.69 Å². The van der Waals surface area contributed by atoms with Crippen molar-refractivity contribution in [3.05, 3.63) is 60.4 Å². The van der Waals surface area contributed by atoms with E-state index >= 15 is 0 Å². The van der Waals surface area contributed by atoms with Gasteiger partial charge in [0.25, 0.3) is 5.91 Å². The van der Waals surface area contributed by atoms with Crippen molar-refractivity contribution < 1.29 is 9.59 Å². The molecule has 2 amide bonds. The number of para-hydroxylation sites is 1. The van der Waals surface area contributed by atoms with Gasteiger partial charge in [0.15, 0.2) is 5.82 Å². The summed E-state index contributed by atoms with van der Waals surface area (Å²) in [5.74, 6) is -0.0372. The number of pyridine rings is 1. The number of benzene rings is 1. The summed E-state index contributed by atoms with van der Waals surface area (Å²) in [6, 6.07) is 11.5. The summed E-state index contributed by atoms with van der Waals surface area (Å²) in [5.41, 5.74) is 2.60. The van der Waals surface area contributed by atoms with Crippen molar-refractivity contribution in [2.45, 2.75) is 0 Å². The van der Waals surface area contributed by atoms with E-state index in [9.17, 15) is 9.59 Å². The summed E-state index contributed by atoms with van der Waals surface area (Å²) >= 11 is 0. The van der Waals surface area contributed by atoms with Gasteiger partial charge >= 0.3 is 0 Å². The van der Waals surface area contributed by atoms with E-state index in [1.807, 2.05) is 42.1 Å². The minimum Gasteiger partial charge on any atom is -0.350 e. The van der Waals surface area contributed by atoms with Gasteiger partial charge in [-0.1, -0.05) is 18.2 Å². The van der Waals surface area contributed by atoms with E-state index in [0.29, 0.717) is 11.5 Å². The van der Waals surface area contributed by atoms with Crippen LogP contribution in [-0.2, 0) is 16.6 Å². The van der Waals surface area contributed by atoms with Gasteiger partial charge in [-0.25, -0.2) is 4.98 Å². The Balaban J connectivity index is 1.66. The highest BCUT2D eigenvalue weighted by molar-refractivity contribution is 6.13. The standard InChI is InChI=1S/C19H16N4O2/c1-22-11-13(14-5-2-3-7-16(14)22)8-9-18(25)23-12-17(24)21-15-6-4-10-20-19(15)23/h2-11H,12H2,1H3,(H,21,24)/b9-8+. The third-order valence-electron chi connectivity index (χ3n) is 4.22. The maximum absolute atomic E-state index is 12.6. The number of carbonyl (C=O) groups is 2. The molecule has 0 aliphatic carbocycles. The van der Waals surface area contributed by atoms with E-state index < -0.39 is 0 Å². The van der Waals surface area contributed by atoms with Gasteiger partial charge in [0, 0.05) is 42.0 Å². The first-order valence-corrected chi connectivity index (χ1v) is 7.92. The highest BCUT2D eigenvalue weighted by Gasteiger charge is 2.26. The fourth-order valence-corrected chi connectivity index (χ4v) is 3.06. The lowest BCUT2D eigenvalue weighted by molar-refractivity contribution is -0.119. The smallest absolute Gasteiger partial charge is 0.252 e. The van der Waals surface area contributed by atoms with Crippen LogP contribution in [0.1, 0.15) is 5.56 Å². The molecule has 0 spiro atoms. The highest BCUT2D eigenvalue weighted by atomic mass is 16.2. The predicted octanol–water partition coefficient (Wildman–Crippen LogP) is 2.57. The zero-order chi connectivity index (χ0) is 17.4. The molecule has 1 aliphatic heterocycles. The maximum Gasteiger partial charge on any atom is 0.252 e. The van der Waals surface area contributed by atoms with E-state index in [1.165, 1.54) is 11.0 Å². The molecule has 0 saturated carbocycles. The monoisotopic (exact) mass is 332 g/mol. The van der Waals surface area contributed by atoms with Gasteiger partial charge in [-0.05, 0) is 24.3 Å². The molecule has 6 heteroatoms. The molecule has 0 fully saturated rings. The highest BCUT2D eigenvalue weighted by Crippen LogP contribution is 2.27. The van der Waals surface area contributed by atoms with Crippen molar-refractivity contribution in [3.63, 3.8) is 0 Å². The molecule has 0 atom stereocenters. The molecule has 1 aliphatic rings. The number of fused-ring (bicyclic) bond motifs is 2. The van der Waals surface area contributed by atoms with Gasteiger partial charge in [0.2, 0.25) is 5.91 Å². The van der Waals surface area contributed by atoms with E-state index in [4.69, 9.17) is 0 Å². The zero-order valence-electron chi connectivity index (χ0n) is 13.6. The van der Waals surface area contributed by atoms with E-state index in [1.54, 1.807) is 24.4 Å². The van der Waals surface area contributed by atoms with Crippen LogP contribution < -0.4 is 10.2 Å². The summed E-state index contributed by atoms with van der Waals surface area (Å²) in [5, 5.41) is 3.80. The molecule has 1 aromatic carbocycles. The van der Waals surface area contributed by atoms with Crippen LogP contribution in [0.15, 0.2) is 54.9 Å². The molecule has 25 heavy (non-hydrogen) atoms. The van der Waals surface area contributed by atoms with Crippen molar-refractivity contribution in [1.82, 2.24) is 9.55 Å². The fraction of sp³-hybridized carbons (Fsp3) is 0.105. The SMILES string of the molecule is Cn1cc(/C=C/C(=O)N2CC(=O)Nc3cccnc32)c2ccccc21. The number of rotatable bonds is 2. The minimum absolute atomic E-state index is 0.0390. The first-order valence-electron chi connectivity index (χ1n) is 7.92. The number of hydrogen-bond donors (Lipinski definition) is 1. The van der Waals surface area contributed by atoms with Gasteiger partial charge < -0.3 is 9.88 Å². The maximum atomic E-state index is 12.6. The van der Waals surface area contributed by atoms with Gasteiger partial charge in [0.1, 0.15) is 6.54 Å². The summed E-state index contributed by atoms with van der Waals surface area (Å²) < 4.78 is 2.02. The molecular weight excluding hydrogens is 316 g/mol. The Morgan fingerprint density at radius 3 is 2.96 bits per heavy atom. The number of amides is 2. The quantitative estimate of drug-likeness (QED) is 0.734. The number of anilines is 2. The van der Waals surface area contributed by atoms with Crippen LogP contribution in [0.3, 0.4) is 0 Å². The van der Waals surface area contributed by atoms with Crippen LogP contribution in [0.25, 0.3) is 17.0 Å². The second-order valence-electron chi connectivity index (χ2n) is 5.89. The molecular formula is C19H16N4O2. The predicted molar refractivity (Wildman–Crippen MR) is 97.2 cm³/mol. The Hall–Kier alpha value is -3.41. The second-order valence-corrected chi connectivity index (χ2v) is 5.89. The molecule has 3 aromatic rings. The van der Waals surface area contributed by atoms with Gasteiger partial charge in [-0.2, -0.15) is 0 Å². The van der Waals surface area contributed by atoms with Gasteiger partial charge in [-0.15, -0.1) is 0 Å². The average molecular weight is 332 g/mol. The van der Waals surface area contributed by atoms with Crippen LogP contribution in [0, 0.1) is 0 Å². The Labute approximate surface area is 144 Å². The van der Waals surface area contributed by atoms with Crippen LogP contribution in [0.2, 0.25) is 0 Å². The third-order valence-corrected chi connectivity index (χ3v) is 4.22. The molecule has 6 nitrogen and oxygen atoms in total.